The van der Waals surface area contributed by atoms with Crippen molar-refractivity contribution in [2.45, 2.75) is 24.7 Å². The van der Waals surface area contributed by atoms with Crippen molar-refractivity contribution in [2.75, 3.05) is 5.75 Å². The molecule has 2 aromatic rings. The number of thiazole rings is 1. The van der Waals surface area contributed by atoms with Gasteiger partial charge in [-0.2, -0.15) is 0 Å². The molecule has 0 aliphatic rings. The van der Waals surface area contributed by atoms with Crippen LogP contribution in [0.3, 0.4) is 0 Å². The Bertz CT molecular complexity index is 541. The molecule has 0 amide bonds. The Morgan fingerprint density at radius 3 is 2.95 bits per heavy atom. The number of carboxylic acid groups (broad SMARTS) is 1. The number of carbonyl (C=O) groups is 1. The van der Waals surface area contributed by atoms with E-state index in [2.05, 4.69) is 15.2 Å². The quantitative estimate of drug-likeness (QED) is 0.724. The second kappa shape index (κ2) is 6.64. The molecular formula is C10H12N4O3S2. The predicted octanol–water partition coefficient (Wildman–Crippen LogP) is 0.646. The first-order valence-electron chi connectivity index (χ1n) is 5.46. The maximum atomic E-state index is 10.6. The van der Waals surface area contributed by atoms with Crippen LogP contribution >= 0.6 is 23.1 Å². The van der Waals surface area contributed by atoms with Crippen LogP contribution in [0.5, 0.6) is 0 Å². The SMILES string of the molecule is O=C(O)CSc1nnc(CO)n1CCc1nccs1. The fourth-order valence-electron chi connectivity index (χ4n) is 1.48. The zero-order chi connectivity index (χ0) is 13.7. The van der Waals surface area contributed by atoms with Crippen molar-refractivity contribution in [1.29, 1.82) is 0 Å². The molecule has 2 rings (SSSR count). The molecule has 0 saturated carbocycles. The lowest BCUT2D eigenvalue weighted by atomic mass is 10.4. The van der Waals surface area contributed by atoms with E-state index in [4.69, 9.17) is 5.11 Å². The third-order valence-corrected chi connectivity index (χ3v) is 4.08. The lowest BCUT2D eigenvalue weighted by Crippen LogP contribution is -2.09. The van der Waals surface area contributed by atoms with Crippen molar-refractivity contribution < 1.29 is 15.0 Å². The average molecular weight is 300 g/mol. The molecule has 2 aromatic heterocycles. The van der Waals surface area contributed by atoms with Gasteiger partial charge >= 0.3 is 5.97 Å². The largest absolute Gasteiger partial charge is 0.481 e. The zero-order valence-electron chi connectivity index (χ0n) is 9.89. The first kappa shape index (κ1) is 14.0. The number of aliphatic hydroxyl groups excluding tert-OH is 1. The molecule has 0 aliphatic heterocycles. The van der Waals surface area contributed by atoms with Crippen LogP contribution in [-0.4, -0.2) is 41.7 Å². The highest BCUT2D eigenvalue weighted by molar-refractivity contribution is 7.99. The molecule has 19 heavy (non-hydrogen) atoms. The first-order chi connectivity index (χ1) is 9.20. The van der Waals surface area contributed by atoms with Crippen LogP contribution in [0, 0.1) is 0 Å². The van der Waals surface area contributed by atoms with E-state index in [9.17, 15) is 9.90 Å². The minimum absolute atomic E-state index is 0.0825. The fourth-order valence-corrected chi connectivity index (χ4v) is 2.79. The number of carboxylic acids is 1. The second-order valence-electron chi connectivity index (χ2n) is 3.57. The number of aliphatic carboxylic acids is 1. The van der Waals surface area contributed by atoms with Crippen LogP contribution in [0.4, 0.5) is 0 Å². The molecule has 0 bridgehead atoms. The van der Waals surface area contributed by atoms with E-state index >= 15 is 0 Å². The van der Waals surface area contributed by atoms with Gasteiger partial charge in [0.1, 0.15) is 6.61 Å². The van der Waals surface area contributed by atoms with Gasteiger partial charge in [0.2, 0.25) is 0 Å². The highest BCUT2D eigenvalue weighted by atomic mass is 32.2. The molecule has 7 nitrogen and oxygen atoms in total. The molecular weight excluding hydrogens is 288 g/mol. The van der Waals surface area contributed by atoms with Gasteiger partial charge < -0.3 is 14.8 Å². The van der Waals surface area contributed by atoms with Gasteiger partial charge in [0.05, 0.1) is 10.8 Å². The standard InChI is InChI=1S/C10H12N4O3S2/c15-5-7-12-13-10(19-6-9(16)17)14(7)3-1-8-11-2-4-18-8/h2,4,15H,1,3,5-6H2,(H,16,17). The van der Waals surface area contributed by atoms with Crippen molar-refractivity contribution >= 4 is 29.1 Å². The van der Waals surface area contributed by atoms with Crippen LogP contribution in [0.1, 0.15) is 10.8 Å². The van der Waals surface area contributed by atoms with Gasteiger partial charge in [-0.05, 0) is 0 Å². The third-order valence-electron chi connectivity index (χ3n) is 2.29. The smallest absolute Gasteiger partial charge is 0.313 e. The van der Waals surface area contributed by atoms with Crippen LogP contribution in [0.25, 0.3) is 0 Å². The van der Waals surface area contributed by atoms with Gasteiger partial charge in [-0.25, -0.2) is 4.98 Å². The number of rotatable bonds is 7. The van der Waals surface area contributed by atoms with Gasteiger partial charge in [-0.15, -0.1) is 21.5 Å². The first-order valence-corrected chi connectivity index (χ1v) is 7.33. The second-order valence-corrected chi connectivity index (χ2v) is 5.49. The van der Waals surface area contributed by atoms with Crippen LogP contribution < -0.4 is 0 Å². The Morgan fingerprint density at radius 1 is 1.47 bits per heavy atom. The Kier molecular flexibility index (Phi) is 4.88. The normalized spacial score (nSPS) is 10.8. The molecule has 2 heterocycles. The minimum Gasteiger partial charge on any atom is -0.481 e. The minimum atomic E-state index is -0.912. The third kappa shape index (κ3) is 3.75. The number of aromatic nitrogens is 4. The van der Waals surface area contributed by atoms with Crippen LogP contribution in [0.15, 0.2) is 16.7 Å². The molecule has 2 N–H and O–H groups in total. The maximum Gasteiger partial charge on any atom is 0.313 e. The lowest BCUT2D eigenvalue weighted by molar-refractivity contribution is -0.133. The summed E-state index contributed by atoms with van der Waals surface area (Å²) >= 11 is 2.64. The molecule has 0 atom stereocenters. The Hall–Kier alpha value is -1.45. The van der Waals surface area contributed by atoms with Gasteiger partial charge in [-0.3, -0.25) is 4.79 Å². The van der Waals surface area contributed by atoms with E-state index in [1.807, 2.05) is 5.38 Å². The van der Waals surface area contributed by atoms with Crippen LogP contribution in [-0.2, 0) is 24.4 Å². The molecule has 0 aromatic carbocycles. The van der Waals surface area contributed by atoms with E-state index < -0.39 is 5.97 Å². The monoisotopic (exact) mass is 300 g/mol. The number of aryl methyl sites for hydroxylation is 1. The summed E-state index contributed by atoms with van der Waals surface area (Å²) in [5, 5.41) is 29.0. The van der Waals surface area contributed by atoms with E-state index in [1.165, 1.54) is 0 Å². The van der Waals surface area contributed by atoms with Gasteiger partial charge in [0, 0.05) is 24.5 Å². The van der Waals surface area contributed by atoms with Crippen LogP contribution in [0.2, 0.25) is 0 Å². The van der Waals surface area contributed by atoms with Gasteiger partial charge in [0.15, 0.2) is 11.0 Å². The molecule has 102 valence electrons. The summed E-state index contributed by atoms with van der Waals surface area (Å²) in [6.45, 7) is 0.344. The summed E-state index contributed by atoms with van der Waals surface area (Å²) < 4.78 is 1.73. The summed E-state index contributed by atoms with van der Waals surface area (Å²) in [5.74, 6) is -0.560. The predicted molar refractivity (Wildman–Crippen MR) is 70.1 cm³/mol. The molecule has 0 aliphatic carbocycles. The highest BCUT2D eigenvalue weighted by Crippen LogP contribution is 2.18. The van der Waals surface area contributed by atoms with Gasteiger partial charge in [0.25, 0.3) is 0 Å². The number of aliphatic hydroxyl groups is 1. The molecule has 0 unspecified atom stereocenters. The van der Waals surface area contributed by atoms with E-state index in [0.717, 1.165) is 16.8 Å². The molecule has 9 heteroatoms. The zero-order valence-corrected chi connectivity index (χ0v) is 11.5. The number of nitrogens with zero attached hydrogens (tertiary/aromatic N) is 4. The summed E-state index contributed by atoms with van der Waals surface area (Å²) in [7, 11) is 0. The van der Waals surface area contributed by atoms with E-state index in [0.29, 0.717) is 23.9 Å². The number of thioether (sulfide) groups is 1. The molecule has 0 radical (unpaired) electrons. The Labute approximate surface area is 117 Å². The fraction of sp³-hybridized carbons (Fsp3) is 0.400. The number of hydrogen-bond donors (Lipinski definition) is 2. The summed E-state index contributed by atoms with van der Waals surface area (Å²) in [4.78, 5) is 14.7. The Balaban J connectivity index is 2.07. The molecule has 0 saturated heterocycles. The summed E-state index contributed by atoms with van der Waals surface area (Å²) in [5.41, 5.74) is 0. The summed E-state index contributed by atoms with van der Waals surface area (Å²) in [6.07, 6.45) is 2.43. The average Bonchev–Trinajstić information content (AvgIpc) is 3.02. The number of hydrogen-bond acceptors (Lipinski definition) is 7. The van der Waals surface area contributed by atoms with Crippen molar-refractivity contribution in [3.05, 3.63) is 22.4 Å². The molecule has 0 spiro atoms. The van der Waals surface area contributed by atoms with E-state index in [1.54, 1.807) is 22.1 Å². The highest BCUT2D eigenvalue weighted by Gasteiger charge is 2.13. The van der Waals surface area contributed by atoms with E-state index in [-0.39, 0.29) is 12.4 Å². The van der Waals surface area contributed by atoms with Crippen molar-refractivity contribution in [3.8, 4) is 0 Å². The Morgan fingerprint density at radius 2 is 2.32 bits per heavy atom. The lowest BCUT2D eigenvalue weighted by Gasteiger charge is -2.07. The van der Waals surface area contributed by atoms with Crippen molar-refractivity contribution in [1.82, 2.24) is 19.7 Å². The maximum absolute atomic E-state index is 10.6. The topological polar surface area (TPSA) is 101 Å². The van der Waals surface area contributed by atoms with Gasteiger partial charge in [-0.1, -0.05) is 11.8 Å². The van der Waals surface area contributed by atoms with Crippen molar-refractivity contribution in [2.24, 2.45) is 0 Å². The molecule has 0 fully saturated rings. The summed E-state index contributed by atoms with van der Waals surface area (Å²) in [6, 6.07) is 0. The van der Waals surface area contributed by atoms with Crippen molar-refractivity contribution in [3.63, 3.8) is 0 Å².